The van der Waals surface area contributed by atoms with Gasteiger partial charge in [0.1, 0.15) is 27.8 Å². The second-order valence-corrected chi connectivity index (χ2v) is 8.62. The van der Waals surface area contributed by atoms with Gasteiger partial charge in [0.05, 0.1) is 20.0 Å². The van der Waals surface area contributed by atoms with Crippen LogP contribution in [-0.4, -0.2) is 43.3 Å². The molecule has 0 aliphatic heterocycles. The van der Waals surface area contributed by atoms with Crippen LogP contribution in [-0.2, 0) is 4.79 Å². The number of carbonyl (C=O) groups is 2. The molecule has 0 aliphatic carbocycles. The number of hydrogen-bond acceptors (Lipinski definition) is 7. The van der Waals surface area contributed by atoms with Gasteiger partial charge in [-0.2, -0.15) is 0 Å². The normalized spacial score (nSPS) is 10.3. The van der Waals surface area contributed by atoms with Crippen molar-refractivity contribution in [2.24, 2.45) is 0 Å². The summed E-state index contributed by atoms with van der Waals surface area (Å²) in [6, 6.07) is 14.7. The van der Waals surface area contributed by atoms with Crippen LogP contribution in [0.25, 0.3) is 11.3 Å². The second-order valence-electron chi connectivity index (χ2n) is 6.40. The van der Waals surface area contributed by atoms with E-state index in [1.807, 2.05) is 30.3 Å². The van der Waals surface area contributed by atoms with Crippen LogP contribution in [0, 0.1) is 0 Å². The average molecular weight is 470 g/mol. The quantitative estimate of drug-likeness (QED) is 0.336. The molecular formula is C23H23N3O4S2. The summed E-state index contributed by atoms with van der Waals surface area (Å²) in [4.78, 5) is 29.8. The fourth-order valence-corrected chi connectivity index (χ4v) is 4.73. The zero-order valence-corrected chi connectivity index (χ0v) is 19.3. The fourth-order valence-electron chi connectivity index (χ4n) is 2.84. The Morgan fingerprint density at radius 2 is 1.78 bits per heavy atom. The van der Waals surface area contributed by atoms with Gasteiger partial charge in [-0.1, -0.05) is 65.6 Å². The molecular weight excluding hydrogens is 446 g/mol. The van der Waals surface area contributed by atoms with Crippen LogP contribution >= 0.6 is 23.1 Å². The first-order chi connectivity index (χ1) is 15.6. The molecule has 2 aromatic carbocycles. The van der Waals surface area contributed by atoms with Crippen LogP contribution in [0.1, 0.15) is 10.4 Å². The average Bonchev–Trinajstić information content (AvgIpc) is 3.23. The van der Waals surface area contributed by atoms with E-state index in [2.05, 4.69) is 22.2 Å². The van der Waals surface area contributed by atoms with Crippen molar-refractivity contribution < 1.29 is 19.1 Å². The highest BCUT2D eigenvalue weighted by atomic mass is 32.2. The fraction of sp³-hybridized carbons (Fsp3) is 0.174. The molecule has 3 rings (SSSR count). The second kappa shape index (κ2) is 11.4. The van der Waals surface area contributed by atoms with Crippen molar-refractivity contribution in [3.05, 3.63) is 66.7 Å². The third-order valence-electron chi connectivity index (χ3n) is 4.31. The minimum absolute atomic E-state index is 0.115. The lowest BCUT2D eigenvalue weighted by molar-refractivity contribution is -0.118. The van der Waals surface area contributed by atoms with E-state index in [-0.39, 0.29) is 17.6 Å². The van der Waals surface area contributed by atoms with Crippen molar-refractivity contribution in [1.29, 1.82) is 0 Å². The maximum Gasteiger partial charge on any atom is 0.263 e. The molecule has 166 valence electrons. The number of methoxy groups -OCH3 is 2. The summed E-state index contributed by atoms with van der Waals surface area (Å²) in [5.74, 6) is 0.530. The van der Waals surface area contributed by atoms with Gasteiger partial charge in [-0.3, -0.25) is 9.59 Å². The van der Waals surface area contributed by atoms with E-state index in [4.69, 9.17) is 9.47 Å². The standard InChI is InChI=1S/C23H23N3O4S2/c1-4-13-24-18(27)14-31-23-25-20(15-9-6-5-7-10-15)22(32-23)26-21(28)19-16(29-2)11-8-12-17(19)30-3/h4-12H,1,13-14H2,2-3H3,(H,24,27)(H,26,28). The number of ether oxygens (including phenoxy) is 2. The van der Waals surface area contributed by atoms with Crippen LogP contribution in [0.3, 0.4) is 0 Å². The molecule has 2 N–H and O–H groups in total. The molecule has 0 spiro atoms. The highest BCUT2D eigenvalue weighted by Crippen LogP contribution is 2.38. The molecule has 32 heavy (non-hydrogen) atoms. The molecule has 0 saturated heterocycles. The maximum atomic E-state index is 13.2. The van der Waals surface area contributed by atoms with Crippen molar-refractivity contribution >= 4 is 39.9 Å². The van der Waals surface area contributed by atoms with Gasteiger partial charge < -0.3 is 20.1 Å². The van der Waals surface area contributed by atoms with E-state index in [1.165, 1.54) is 37.3 Å². The first kappa shape index (κ1) is 23.4. The topological polar surface area (TPSA) is 89.6 Å². The summed E-state index contributed by atoms with van der Waals surface area (Å²) >= 11 is 2.62. The van der Waals surface area contributed by atoms with Gasteiger partial charge in [0.25, 0.3) is 5.91 Å². The van der Waals surface area contributed by atoms with Gasteiger partial charge in [-0.15, -0.1) is 6.58 Å². The summed E-state index contributed by atoms with van der Waals surface area (Å²) in [7, 11) is 3.00. The van der Waals surface area contributed by atoms with Gasteiger partial charge in [-0.05, 0) is 12.1 Å². The van der Waals surface area contributed by atoms with E-state index in [0.29, 0.717) is 38.6 Å². The largest absolute Gasteiger partial charge is 0.496 e. The number of nitrogens with zero attached hydrogens (tertiary/aromatic N) is 1. The van der Waals surface area contributed by atoms with Crippen LogP contribution in [0.5, 0.6) is 11.5 Å². The Morgan fingerprint density at radius 3 is 2.41 bits per heavy atom. The third kappa shape index (κ3) is 5.68. The zero-order valence-electron chi connectivity index (χ0n) is 17.7. The molecule has 0 atom stereocenters. The number of carbonyl (C=O) groups excluding carboxylic acids is 2. The highest BCUT2D eigenvalue weighted by molar-refractivity contribution is 8.01. The number of anilines is 1. The number of amides is 2. The van der Waals surface area contributed by atoms with Gasteiger partial charge in [0, 0.05) is 12.1 Å². The number of nitrogens with one attached hydrogen (secondary N) is 2. The number of thiazole rings is 1. The predicted molar refractivity (Wildman–Crippen MR) is 129 cm³/mol. The first-order valence-corrected chi connectivity index (χ1v) is 11.5. The molecule has 9 heteroatoms. The Kier molecular flexibility index (Phi) is 8.29. The molecule has 1 heterocycles. The molecule has 0 radical (unpaired) electrons. The maximum absolute atomic E-state index is 13.2. The van der Waals surface area contributed by atoms with Crippen molar-refractivity contribution in [3.8, 4) is 22.8 Å². The van der Waals surface area contributed by atoms with Gasteiger partial charge in [0.2, 0.25) is 5.91 Å². The van der Waals surface area contributed by atoms with Crippen LogP contribution in [0.4, 0.5) is 5.00 Å². The number of hydrogen-bond donors (Lipinski definition) is 2. The minimum Gasteiger partial charge on any atom is -0.496 e. The number of aromatic nitrogens is 1. The van der Waals surface area contributed by atoms with E-state index < -0.39 is 0 Å². The Balaban J connectivity index is 1.90. The van der Waals surface area contributed by atoms with Gasteiger partial charge in [0.15, 0.2) is 4.34 Å². The molecule has 2 amide bonds. The van der Waals surface area contributed by atoms with Gasteiger partial charge >= 0.3 is 0 Å². The molecule has 1 aromatic heterocycles. The van der Waals surface area contributed by atoms with Crippen molar-refractivity contribution in [2.45, 2.75) is 4.34 Å². The molecule has 3 aromatic rings. The van der Waals surface area contributed by atoms with E-state index in [1.54, 1.807) is 24.3 Å². The molecule has 0 bridgehead atoms. The van der Waals surface area contributed by atoms with Crippen molar-refractivity contribution in [2.75, 3.05) is 31.8 Å². The number of thioether (sulfide) groups is 1. The summed E-state index contributed by atoms with van der Waals surface area (Å²) < 4.78 is 11.4. The smallest absolute Gasteiger partial charge is 0.263 e. The SMILES string of the molecule is C=CCNC(=O)CSc1nc(-c2ccccc2)c(NC(=O)c2c(OC)cccc2OC)s1. The minimum atomic E-state index is -0.375. The molecule has 0 aliphatic rings. The lowest BCUT2D eigenvalue weighted by Gasteiger charge is -2.12. The van der Waals surface area contributed by atoms with Crippen molar-refractivity contribution in [1.82, 2.24) is 10.3 Å². The van der Waals surface area contributed by atoms with Crippen LogP contribution in [0.15, 0.2) is 65.5 Å². The molecule has 0 unspecified atom stereocenters. The summed E-state index contributed by atoms with van der Waals surface area (Å²) in [5.41, 5.74) is 1.78. The number of benzene rings is 2. The molecule has 7 nitrogen and oxygen atoms in total. The predicted octanol–water partition coefficient (Wildman–Crippen LogP) is 4.47. The lowest BCUT2D eigenvalue weighted by Crippen LogP contribution is -2.24. The number of rotatable bonds is 10. The summed E-state index contributed by atoms with van der Waals surface area (Å²) in [5, 5.41) is 6.26. The first-order valence-electron chi connectivity index (χ1n) is 9.66. The Morgan fingerprint density at radius 1 is 1.09 bits per heavy atom. The Hall–Kier alpha value is -3.30. The molecule has 0 saturated carbocycles. The van der Waals surface area contributed by atoms with Crippen LogP contribution in [0.2, 0.25) is 0 Å². The van der Waals surface area contributed by atoms with E-state index in [0.717, 1.165) is 5.56 Å². The van der Waals surface area contributed by atoms with Crippen LogP contribution < -0.4 is 20.1 Å². The molecule has 0 fully saturated rings. The summed E-state index contributed by atoms with van der Waals surface area (Å²) in [6.45, 7) is 4.00. The zero-order chi connectivity index (χ0) is 22.9. The van der Waals surface area contributed by atoms with E-state index >= 15 is 0 Å². The third-order valence-corrected chi connectivity index (χ3v) is 6.42. The summed E-state index contributed by atoms with van der Waals surface area (Å²) in [6.07, 6.45) is 1.62. The van der Waals surface area contributed by atoms with E-state index in [9.17, 15) is 9.59 Å². The monoisotopic (exact) mass is 469 g/mol. The highest BCUT2D eigenvalue weighted by Gasteiger charge is 2.22. The van der Waals surface area contributed by atoms with Gasteiger partial charge in [-0.25, -0.2) is 4.98 Å². The van der Waals surface area contributed by atoms with Crippen molar-refractivity contribution in [3.63, 3.8) is 0 Å². The Labute approximate surface area is 194 Å². The lowest BCUT2D eigenvalue weighted by atomic mass is 10.1. The Bertz CT molecular complexity index is 1080.